The number of carbonyl (C=O) groups is 1. The molecule has 2 rings (SSSR count). The second-order valence-corrected chi connectivity index (χ2v) is 5.86. The number of furan rings is 1. The molecule has 1 N–H and O–H groups in total. The molecule has 2 heterocycles. The van der Waals surface area contributed by atoms with Crippen molar-refractivity contribution in [3.8, 4) is 0 Å². The van der Waals surface area contributed by atoms with Crippen LogP contribution in [0.15, 0.2) is 23.0 Å². The summed E-state index contributed by atoms with van der Waals surface area (Å²) >= 11 is 0. The van der Waals surface area contributed by atoms with Crippen molar-refractivity contribution in [3.05, 3.63) is 24.2 Å². The third-order valence-electron chi connectivity index (χ3n) is 3.74. The fourth-order valence-electron chi connectivity index (χ4n) is 2.66. The first-order valence-corrected chi connectivity index (χ1v) is 6.85. The molecule has 106 valence electrons. The predicted octanol–water partition coefficient (Wildman–Crippen LogP) is 2.87. The molecule has 0 saturated carbocycles. The van der Waals surface area contributed by atoms with E-state index in [1.807, 2.05) is 19.9 Å². The highest BCUT2D eigenvalue weighted by atomic mass is 16.5. The summed E-state index contributed by atoms with van der Waals surface area (Å²) in [5.74, 6) is 0.194. The molecule has 0 amide bonds. The van der Waals surface area contributed by atoms with Crippen LogP contribution < -0.4 is 0 Å². The molecular weight excluding hydrogens is 244 g/mol. The van der Waals surface area contributed by atoms with Gasteiger partial charge in [-0.1, -0.05) is 6.92 Å². The van der Waals surface area contributed by atoms with Crippen molar-refractivity contribution < 1.29 is 19.1 Å². The van der Waals surface area contributed by atoms with E-state index in [9.17, 15) is 4.79 Å². The molecule has 1 aliphatic heterocycles. The van der Waals surface area contributed by atoms with Gasteiger partial charge in [0.05, 0.1) is 24.2 Å². The summed E-state index contributed by atoms with van der Waals surface area (Å²) in [6, 6.07) is 1.91. The van der Waals surface area contributed by atoms with Crippen molar-refractivity contribution in [2.75, 3.05) is 6.61 Å². The molecule has 4 nitrogen and oxygen atoms in total. The van der Waals surface area contributed by atoms with Gasteiger partial charge in [-0.15, -0.1) is 0 Å². The van der Waals surface area contributed by atoms with Crippen LogP contribution in [0.2, 0.25) is 0 Å². The molecule has 0 radical (unpaired) electrons. The predicted molar refractivity (Wildman–Crippen MR) is 70.7 cm³/mol. The lowest BCUT2D eigenvalue weighted by atomic mass is 9.92. The summed E-state index contributed by atoms with van der Waals surface area (Å²) < 4.78 is 11.1. The van der Waals surface area contributed by atoms with Crippen molar-refractivity contribution in [3.63, 3.8) is 0 Å². The molecule has 4 heteroatoms. The van der Waals surface area contributed by atoms with Crippen LogP contribution >= 0.6 is 0 Å². The Morgan fingerprint density at radius 3 is 3.05 bits per heavy atom. The Bertz CT molecular complexity index is 412. The van der Waals surface area contributed by atoms with Gasteiger partial charge >= 0.3 is 0 Å². The SMILES string of the molecule is C[C@H](CO)CC(=O)C[C@]1(C)CC[C@H](c2ccoc2)O1. The van der Waals surface area contributed by atoms with Crippen LogP contribution in [0.1, 0.15) is 51.2 Å². The fraction of sp³-hybridized carbons (Fsp3) is 0.667. The summed E-state index contributed by atoms with van der Waals surface area (Å²) in [6.07, 6.45) is 6.01. The maximum absolute atomic E-state index is 12.0. The third-order valence-corrected chi connectivity index (χ3v) is 3.74. The standard InChI is InChI=1S/C15H22O4/c1-11(9-16)7-13(17)8-15(2)5-3-14(19-15)12-4-6-18-10-12/h4,6,10-11,14,16H,3,5,7-9H2,1-2H3/t11-,14+,15-/m0/s1. The number of rotatable bonds is 6. The first-order valence-electron chi connectivity index (χ1n) is 6.85. The molecule has 1 fully saturated rings. The molecule has 19 heavy (non-hydrogen) atoms. The minimum absolute atomic E-state index is 0.0298. The Kier molecular flexibility index (Phi) is 4.42. The zero-order valence-corrected chi connectivity index (χ0v) is 11.6. The van der Waals surface area contributed by atoms with Crippen LogP contribution in [0, 0.1) is 5.92 Å². The van der Waals surface area contributed by atoms with Gasteiger partial charge in [0.25, 0.3) is 0 Å². The van der Waals surface area contributed by atoms with Gasteiger partial charge in [-0.05, 0) is 31.7 Å². The minimum Gasteiger partial charge on any atom is -0.472 e. The Labute approximate surface area is 113 Å². The molecule has 1 aromatic rings. The van der Waals surface area contributed by atoms with Crippen molar-refractivity contribution in [2.24, 2.45) is 5.92 Å². The second-order valence-electron chi connectivity index (χ2n) is 5.86. The molecule has 0 spiro atoms. The van der Waals surface area contributed by atoms with Crippen molar-refractivity contribution in [1.29, 1.82) is 0 Å². The number of aliphatic hydroxyl groups excluding tert-OH is 1. The largest absolute Gasteiger partial charge is 0.472 e. The quantitative estimate of drug-likeness (QED) is 0.860. The lowest BCUT2D eigenvalue weighted by Gasteiger charge is -2.24. The van der Waals surface area contributed by atoms with Gasteiger partial charge in [0.2, 0.25) is 0 Å². The zero-order valence-electron chi connectivity index (χ0n) is 11.6. The van der Waals surface area contributed by atoms with Crippen LogP contribution in [0.5, 0.6) is 0 Å². The van der Waals surface area contributed by atoms with Crippen molar-refractivity contribution in [1.82, 2.24) is 0 Å². The lowest BCUT2D eigenvalue weighted by molar-refractivity contribution is -0.126. The topological polar surface area (TPSA) is 59.7 Å². The molecule has 0 aromatic carbocycles. The smallest absolute Gasteiger partial charge is 0.136 e. The summed E-state index contributed by atoms with van der Waals surface area (Å²) in [4.78, 5) is 12.0. The van der Waals surface area contributed by atoms with E-state index in [-0.39, 0.29) is 30.0 Å². The molecule has 0 aliphatic carbocycles. The zero-order chi connectivity index (χ0) is 13.9. The first kappa shape index (κ1) is 14.3. The van der Waals surface area contributed by atoms with Gasteiger partial charge in [-0.25, -0.2) is 0 Å². The number of hydrogen-bond acceptors (Lipinski definition) is 4. The molecule has 3 atom stereocenters. The molecule has 0 bridgehead atoms. The van der Waals surface area contributed by atoms with E-state index in [1.165, 1.54) is 0 Å². The summed E-state index contributed by atoms with van der Waals surface area (Å²) in [5, 5.41) is 8.98. The van der Waals surface area contributed by atoms with Crippen molar-refractivity contribution in [2.45, 2.75) is 51.2 Å². The van der Waals surface area contributed by atoms with Gasteiger partial charge in [0.1, 0.15) is 5.78 Å². The highest BCUT2D eigenvalue weighted by molar-refractivity contribution is 5.79. The molecule has 1 aliphatic rings. The van der Waals surface area contributed by atoms with Crippen molar-refractivity contribution >= 4 is 5.78 Å². The molecule has 1 aromatic heterocycles. The number of aliphatic hydroxyl groups is 1. The number of ether oxygens (including phenoxy) is 1. The molecule has 1 saturated heterocycles. The van der Waals surface area contributed by atoms with E-state index in [1.54, 1.807) is 12.5 Å². The molecule has 0 unspecified atom stereocenters. The van der Waals surface area contributed by atoms with E-state index in [0.29, 0.717) is 12.8 Å². The number of Topliss-reactive ketones (excluding diaryl/α,β-unsaturated/α-hetero) is 1. The van der Waals surface area contributed by atoms with Crippen LogP contribution in [-0.2, 0) is 9.53 Å². The van der Waals surface area contributed by atoms with Gasteiger partial charge in [-0.2, -0.15) is 0 Å². The van der Waals surface area contributed by atoms with Gasteiger partial charge in [-0.3, -0.25) is 4.79 Å². The number of hydrogen-bond donors (Lipinski definition) is 1. The van der Waals surface area contributed by atoms with Crippen LogP contribution in [-0.4, -0.2) is 23.1 Å². The van der Waals surface area contributed by atoms with E-state index in [4.69, 9.17) is 14.3 Å². The van der Waals surface area contributed by atoms with Crippen LogP contribution in [0.4, 0.5) is 0 Å². The Balaban J connectivity index is 1.89. The highest BCUT2D eigenvalue weighted by Gasteiger charge is 2.38. The average molecular weight is 266 g/mol. The number of carbonyl (C=O) groups excluding carboxylic acids is 1. The van der Waals surface area contributed by atoms with E-state index < -0.39 is 0 Å². The summed E-state index contributed by atoms with van der Waals surface area (Å²) in [5.41, 5.74) is 0.661. The van der Waals surface area contributed by atoms with Crippen LogP contribution in [0.25, 0.3) is 0 Å². The van der Waals surface area contributed by atoms with Crippen LogP contribution in [0.3, 0.4) is 0 Å². The maximum Gasteiger partial charge on any atom is 0.136 e. The summed E-state index contributed by atoms with van der Waals surface area (Å²) in [6.45, 7) is 3.93. The fourth-order valence-corrected chi connectivity index (χ4v) is 2.66. The van der Waals surface area contributed by atoms with E-state index in [2.05, 4.69) is 0 Å². The Hall–Kier alpha value is -1.13. The lowest BCUT2D eigenvalue weighted by Crippen LogP contribution is -2.28. The first-order chi connectivity index (χ1) is 9.02. The Morgan fingerprint density at radius 1 is 1.63 bits per heavy atom. The third kappa shape index (κ3) is 3.67. The second kappa shape index (κ2) is 5.88. The number of ketones is 1. The monoisotopic (exact) mass is 266 g/mol. The normalized spacial score (nSPS) is 28.5. The van der Waals surface area contributed by atoms with E-state index >= 15 is 0 Å². The maximum atomic E-state index is 12.0. The van der Waals surface area contributed by atoms with Gasteiger partial charge in [0, 0.05) is 25.0 Å². The van der Waals surface area contributed by atoms with E-state index in [0.717, 1.165) is 18.4 Å². The highest BCUT2D eigenvalue weighted by Crippen LogP contribution is 2.41. The Morgan fingerprint density at radius 2 is 2.42 bits per heavy atom. The molecular formula is C15H22O4. The van der Waals surface area contributed by atoms with Gasteiger partial charge in [0.15, 0.2) is 0 Å². The van der Waals surface area contributed by atoms with Gasteiger partial charge < -0.3 is 14.3 Å². The minimum atomic E-state index is -0.381. The summed E-state index contributed by atoms with van der Waals surface area (Å²) in [7, 11) is 0. The average Bonchev–Trinajstić information content (AvgIpc) is 2.97.